The van der Waals surface area contributed by atoms with Crippen molar-refractivity contribution < 1.29 is 32.2 Å². The monoisotopic (exact) mass is 494 g/mol. The molecule has 2 aromatic rings. The number of rotatable bonds is 10. The molecule has 0 fully saturated rings. The number of sulfonamides is 1. The van der Waals surface area contributed by atoms with E-state index in [1.54, 1.807) is 36.4 Å². The van der Waals surface area contributed by atoms with Crippen LogP contribution in [0, 0.1) is 0 Å². The van der Waals surface area contributed by atoms with Crippen molar-refractivity contribution in [2.45, 2.75) is 30.4 Å². The van der Waals surface area contributed by atoms with E-state index in [0.29, 0.717) is 36.2 Å². The van der Waals surface area contributed by atoms with Crippen molar-refractivity contribution in [3.63, 3.8) is 0 Å². The third kappa shape index (κ3) is 6.86. The van der Waals surface area contributed by atoms with Crippen LogP contribution in [0.5, 0.6) is 11.5 Å². The van der Waals surface area contributed by atoms with Crippen molar-refractivity contribution >= 4 is 39.3 Å². The first-order chi connectivity index (χ1) is 15.8. The first-order valence-electron chi connectivity index (χ1n) is 10.3. The van der Waals surface area contributed by atoms with Gasteiger partial charge >= 0.3 is 5.97 Å². The highest BCUT2D eigenvalue weighted by Crippen LogP contribution is 2.32. The normalized spacial score (nSPS) is 14.7. The lowest BCUT2D eigenvalue weighted by molar-refractivity contribution is -0.154. The van der Waals surface area contributed by atoms with Gasteiger partial charge < -0.3 is 19.5 Å². The summed E-state index contributed by atoms with van der Waals surface area (Å²) in [7, 11) is -3.93. The molecule has 1 amide bonds. The molecule has 0 radical (unpaired) electrons. The van der Waals surface area contributed by atoms with Crippen molar-refractivity contribution in [2.24, 2.45) is 0 Å². The predicted molar refractivity (Wildman–Crippen MR) is 125 cm³/mol. The van der Waals surface area contributed by atoms with Crippen LogP contribution in [0.15, 0.2) is 53.4 Å². The van der Waals surface area contributed by atoms with Gasteiger partial charge in [-0.1, -0.05) is 18.2 Å². The van der Waals surface area contributed by atoms with E-state index in [1.807, 2.05) is 6.26 Å². The molecule has 9 nitrogen and oxygen atoms in total. The standard InChI is InChI=1S/C22H26N2O7S2/c1-15(21(25)23-16-8-9-19-20(14-16)30-12-11-29-19)31-22(26)18(10-13-32-2)24-33(27,28)17-6-4-3-5-7-17/h3-9,14-15,18,24H,10-13H2,1-2H3,(H,23,25). The summed E-state index contributed by atoms with van der Waals surface area (Å²) in [5, 5.41) is 2.66. The largest absolute Gasteiger partial charge is 0.486 e. The van der Waals surface area contributed by atoms with Gasteiger partial charge in [-0.05, 0) is 49.6 Å². The molecule has 11 heteroatoms. The number of carbonyl (C=O) groups is 2. The van der Waals surface area contributed by atoms with Gasteiger partial charge in [0.25, 0.3) is 5.91 Å². The Morgan fingerprint density at radius 1 is 1.09 bits per heavy atom. The molecular formula is C22H26N2O7S2. The van der Waals surface area contributed by atoms with Crippen LogP contribution in [-0.2, 0) is 24.3 Å². The molecule has 0 saturated carbocycles. The maximum Gasteiger partial charge on any atom is 0.324 e. The van der Waals surface area contributed by atoms with Gasteiger partial charge in [0.05, 0.1) is 4.90 Å². The number of ether oxygens (including phenoxy) is 3. The molecule has 1 heterocycles. The number of thioether (sulfide) groups is 1. The molecule has 2 aromatic carbocycles. The Hall–Kier alpha value is -2.76. The average Bonchev–Trinajstić information content (AvgIpc) is 2.82. The quantitative estimate of drug-likeness (QED) is 0.483. The third-order valence-electron chi connectivity index (χ3n) is 4.72. The van der Waals surface area contributed by atoms with Crippen molar-refractivity contribution in [1.29, 1.82) is 0 Å². The number of hydrogen-bond acceptors (Lipinski definition) is 8. The first-order valence-corrected chi connectivity index (χ1v) is 13.1. The number of esters is 1. The number of amides is 1. The number of fused-ring (bicyclic) bond motifs is 1. The molecule has 2 atom stereocenters. The van der Waals surface area contributed by atoms with E-state index < -0.39 is 34.0 Å². The lowest BCUT2D eigenvalue weighted by Crippen LogP contribution is -2.44. The Balaban J connectivity index is 1.63. The summed E-state index contributed by atoms with van der Waals surface area (Å²) in [6.45, 7) is 2.29. The fourth-order valence-corrected chi connectivity index (χ4v) is 4.70. The zero-order chi connectivity index (χ0) is 23.8. The molecule has 0 spiro atoms. The SMILES string of the molecule is CSCCC(NS(=O)(=O)c1ccccc1)C(=O)OC(C)C(=O)Nc1ccc2c(c1)OCCO2. The van der Waals surface area contributed by atoms with Crippen molar-refractivity contribution in [3.05, 3.63) is 48.5 Å². The summed E-state index contributed by atoms with van der Waals surface area (Å²) >= 11 is 1.46. The molecule has 33 heavy (non-hydrogen) atoms. The van der Waals surface area contributed by atoms with E-state index in [-0.39, 0.29) is 11.3 Å². The molecule has 1 aliphatic rings. The number of nitrogens with one attached hydrogen (secondary N) is 2. The van der Waals surface area contributed by atoms with Gasteiger partial charge in [-0.15, -0.1) is 0 Å². The summed E-state index contributed by atoms with van der Waals surface area (Å²) in [6, 6.07) is 11.6. The van der Waals surface area contributed by atoms with Crippen LogP contribution in [-0.4, -0.2) is 57.7 Å². The van der Waals surface area contributed by atoms with E-state index in [1.165, 1.54) is 30.8 Å². The van der Waals surface area contributed by atoms with E-state index in [9.17, 15) is 18.0 Å². The molecule has 2 unspecified atom stereocenters. The fourth-order valence-electron chi connectivity index (χ4n) is 2.99. The third-order valence-corrected chi connectivity index (χ3v) is 6.85. The molecule has 1 aliphatic heterocycles. The Bertz CT molecular complexity index is 1080. The van der Waals surface area contributed by atoms with Gasteiger partial charge in [0.15, 0.2) is 17.6 Å². The van der Waals surface area contributed by atoms with Crippen LogP contribution in [0.2, 0.25) is 0 Å². The zero-order valence-corrected chi connectivity index (χ0v) is 19.9. The number of anilines is 1. The highest BCUT2D eigenvalue weighted by molar-refractivity contribution is 7.98. The Morgan fingerprint density at radius 3 is 2.48 bits per heavy atom. The predicted octanol–water partition coefficient (Wildman–Crippen LogP) is 2.43. The Labute approximate surface area is 197 Å². The van der Waals surface area contributed by atoms with Crippen LogP contribution >= 0.6 is 11.8 Å². The van der Waals surface area contributed by atoms with E-state index >= 15 is 0 Å². The molecule has 178 valence electrons. The fraction of sp³-hybridized carbons (Fsp3) is 0.364. The lowest BCUT2D eigenvalue weighted by Gasteiger charge is -2.21. The molecule has 3 rings (SSSR count). The average molecular weight is 495 g/mol. The molecule has 0 aliphatic carbocycles. The Kier molecular flexibility index (Phi) is 8.59. The molecular weight excluding hydrogens is 468 g/mol. The second kappa shape index (κ2) is 11.4. The summed E-state index contributed by atoms with van der Waals surface area (Å²) in [5.41, 5.74) is 0.455. The smallest absolute Gasteiger partial charge is 0.324 e. The topological polar surface area (TPSA) is 120 Å². The second-order valence-electron chi connectivity index (χ2n) is 7.20. The maximum absolute atomic E-state index is 12.7. The molecule has 0 saturated heterocycles. The zero-order valence-electron chi connectivity index (χ0n) is 18.3. The summed E-state index contributed by atoms with van der Waals surface area (Å²) in [6.07, 6.45) is 0.906. The van der Waals surface area contributed by atoms with Crippen molar-refractivity contribution in [2.75, 3.05) is 30.5 Å². The van der Waals surface area contributed by atoms with Crippen molar-refractivity contribution in [3.8, 4) is 11.5 Å². The first kappa shape index (κ1) is 24.9. The van der Waals surface area contributed by atoms with Gasteiger partial charge in [-0.2, -0.15) is 16.5 Å². The summed E-state index contributed by atoms with van der Waals surface area (Å²) in [5.74, 6) is 0.231. The summed E-state index contributed by atoms with van der Waals surface area (Å²) in [4.78, 5) is 25.3. The van der Waals surface area contributed by atoms with E-state index in [0.717, 1.165) is 0 Å². The second-order valence-corrected chi connectivity index (χ2v) is 9.89. The van der Waals surface area contributed by atoms with Gasteiger partial charge in [0, 0.05) is 11.8 Å². The van der Waals surface area contributed by atoms with Gasteiger partial charge in [0.1, 0.15) is 19.3 Å². The van der Waals surface area contributed by atoms with Crippen LogP contribution in [0.25, 0.3) is 0 Å². The van der Waals surface area contributed by atoms with Crippen LogP contribution in [0.4, 0.5) is 5.69 Å². The lowest BCUT2D eigenvalue weighted by atomic mass is 10.2. The van der Waals surface area contributed by atoms with Crippen LogP contribution in [0.3, 0.4) is 0 Å². The van der Waals surface area contributed by atoms with Crippen LogP contribution < -0.4 is 19.5 Å². The minimum absolute atomic E-state index is 0.0383. The number of hydrogen-bond donors (Lipinski definition) is 2. The van der Waals surface area contributed by atoms with Crippen molar-refractivity contribution in [1.82, 2.24) is 4.72 Å². The summed E-state index contributed by atoms with van der Waals surface area (Å²) < 4.78 is 44.0. The number of carbonyl (C=O) groups excluding carboxylic acids is 2. The molecule has 0 aromatic heterocycles. The van der Waals surface area contributed by atoms with Gasteiger partial charge in [-0.3, -0.25) is 9.59 Å². The Morgan fingerprint density at radius 2 is 1.79 bits per heavy atom. The minimum atomic E-state index is -3.93. The van der Waals surface area contributed by atoms with E-state index in [4.69, 9.17) is 14.2 Å². The molecule has 0 bridgehead atoms. The minimum Gasteiger partial charge on any atom is -0.486 e. The van der Waals surface area contributed by atoms with Gasteiger partial charge in [-0.25, -0.2) is 8.42 Å². The maximum atomic E-state index is 12.7. The van der Waals surface area contributed by atoms with Gasteiger partial charge in [0.2, 0.25) is 10.0 Å². The van der Waals surface area contributed by atoms with E-state index in [2.05, 4.69) is 10.0 Å². The highest BCUT2D eigenvalue weighted by atomic mass is 32.2. The molecule has 2 N–H and O–H groups in total. The van der Waals surface area contributed by atoms with Crippen LogP contribution in [0.1, 0.15) is 13.3 Å². The highest BCUT2D eigenvalue weighted by Gasteiger charge is 2.29. The number of benzene rings is 2.